The van der Waals surface area contributed by atoms with Crippen LogP contribution in [0.3, 0.4) is 0 Å². The number of benzene rings is 2. The van der Waals surface area contributed by atoms with Gasteiger partial charge in [0, 0.05) is 30.6 Å². The van der Waals surface area contributed by atoms with Crippen LogP contribution in [-0.4, -0.2) is 32.9 Å². The van der Waals surface area contributed by atoms with Crippen LogP contribution in [0.2, 0.25) is 0 Å². The monoisotopic (exact) mass is 456 g/mol. The number of ketones is 1. The SMILES string of the molecule is C=CC(c1ccccc1)c1cc(C(=O)CC2[C@H]3COC[C@@H]23)cc(Br)c1OCOC. The van der Waals surface area contributed by atoms with Gasteiger partial charge in [0.2, 0.25) is 0 Å². The highest BCUT2D eigenvalue weighted by molar-refractivity contribution is 9.10. The first-order valence-corrected chi connectivity index (χ1v) is 10.7. The summed E-state index contributed by atoms with van der Waals surface area (Å²) in [6.45, 7) is 5.76. The largest absolute Gasteiger partial charge is 0.466 e. The van der Waals surface area contributed by atoms with Crippen molar-refractivity contribution in [1.29, 1.82) is 0 Å². The van der Waals surface area contributed by atoms with Crippen LogP contribution in [0.25, 0.3) is 0 Å². The summed E-state index contributed by atoms with van der Waals surface area (Å²) in [5.41, 5.74) is 2.70. The summed E-state index contributed by atoms with van der Waals surface area (Å²) in [4.78, 5) is 13.1. The molecule has 0 spiro atoms. The number of hydrogen-bond donors (Lipinski definition) is 0. The molecule has 1 saturated heterocycles. The third-order valence-electron chi connectivity index (χ3n) is 6.00. The fourth-order valence-electron chi connectivity index (χ4n) is 4.37. The Morgan fingerprint density at radius 3 is 2.66 bits per heavy atom. The number of allylic oxidation sites excluding steroid dienone is 1. The molecule has 1 aliphatic carbocycles. The third kappa shape index (κ3) is 4.18. The number of carbonyl (C=O) groups excluding carboxylic acids is 1. The Morgan fingerprint density at radius 2 is 2.00 bits per heavy atom. The van der Waals surface area contributed by atoms with Crippen LogP contribution in [0.4, 0.5) is 0 Å². The molecule has 4 rings (SSSR count). The highest BCUT2D eigenvalue weighted by Gasteiger charge is 2.54. The first-order chi connectivity index (χ1) is 14.1. The van der Waals surface area contributed by atoms with E-state index in [0.717, 1.165) is 28.8 Å². The lowest BCUT2D eigenvalue weighted by atomic mass is 9.88. The van der Waals surface area contributed by atoms with Crippen molar-refractivity contribution in [3.63, 3.8) is 0 Å². The Kier molecular flexibility index (Phi) is 6.18. The van der Waals surface area contributed by atoms with Gasteiger partial charge >= 0.3 is 0 Å². The molecule has 1 heterocycles. The van der Waals surface area contributed by atoms with Crippen LogP contribution in [-0.2, 0) is 9.47 Å². The van der Waals surface area contributed by atoms with Gasteiger partial charge in [-0.25, -0.2) is 0 Å². The van der Waals surface area contributed by atoms with Gasteiger partial charge in [-0.2, -0.15) is 0 Å². The van der Waals surface area contributed by atoms with Crippen LogP contribution in [0.5, 0.6) is 5.75 Å². The fraction of sp³-hybridized carbons (Fsp3) is 0.375. The second kappa shape index (κ2) is 8.82. The van der Waals surface area contributed by atoms with Crippen molar-refractivity contribution in [1.82, 2.24) is 0 Å². The van der Waals surface area contributed by atoms with Gasteiger partial charge in [0.05, 0.1) is 17.7 Å². The van der Waals surface area contributed by atoms with E-state index in [1.54, 1.807) is 7.11 Å². The summed E-state index contributed by atoms with van der Waals surface area (Å²) in [6, 6.07) is 13.9. The zero-order chi connectivity index (χ0) is 20.4. The maximum absolute atomic E-state index is 13.1. The van der Waals surface area contributed by atoms with Crippen LogP contribution < -0.4 is 4.74 Å². The molecule has 0 aromatic heterocycles. The molecule has 4 atom stereocenters. The summed E-state index contributed by atoms with van der Waals surface area (Å²) in [5.74, 6) is 2.34. The van der Waals surface area contributed by atoms with Crippen molar-refractivity contribution in [2.24, 2.45) is 17.8 Å². The molecule has 0 N–H and O–H groups in total. The molecule has 2 unspecified atom stereocenters. The van der Waals surface area contributed by atoms with Gasteiger partial charge in [-0.3, -0.25) is 4.79 Å². The normalized spacial score (nSPS) is 23.3. The van der Waals surface area contributed by atoms with Crippen molar-refractivity contribution < 1.29 is 19.0 Å². The summed E-state index contributed by atoms with van der Waals surface area (Å²) in [5, 5.41) is 0. The number of Topliss-reactive ketones (excluding diaryl/α,β-unsaturated/α-hetero) is 1. The minimum Gasteiger partial charge on any atom is -0.466 e. The number of hydrogen-bond acceptors (Lipinski definition) is 4. The lowest BCUT2D eigenvalue weighted by molar-refractivity contribution is 0.0498. The Morgan fingerprint density at radius 1 is 1.28 bits per heavy atom. The predicted octanol–water partition coefficient (Wildman–Crippen LogP) is 5.21. The molecule has 152 valence electrons. The van der Waals surface area contributed by atoms with Crippen LogP contribution >= 0.6 is 15.9 Å². The van der Waals surface area contributed by atoms with Crippen molar-refractivity contribution in [3.05, 3.63) is 76.3 Å². The Bertz CT molecular complexity index is 885. The van der Waals surface area contributed by atoms with Gasteiger partial charge < -0.3 is 14.2 Å². The van der Waals surface area contributed by atoms with Gasteiger partial charge in [-0.1, -0.05) is 36.4 Å². The third-order valence-corrected chi connectivity index (χ3v) is 6.58. The Hall–Kier alpha value is -1.95. The molecule has 29 heavy (non-hydrogen) atoms. The molecule has 4 nitrogen and oxygen atoms in total. The quantitative estimate of drug-likeness (QED) is 0.295. The summed E-state index contributed by atoms with van der Waals surface area (Å²) in [7, 11) is 1.59. The molecular formula is C24H25BrO4. The summed E-state index contributed by atoms with van der Waals surface area (Å²) >= 11 is 3.61. The average molecular weight is 457 g/mol. The van der Waals surface area contributed by atoms with Gasteiger partial charge in [0.15, 0.2) is 12.6 Å². The number of methoxy groups -OCH3 is 1. The molecular weight excluding hydrogens is 432 g/mol. The van der Waals surface area contributed by atoms with Crippen LogP contribution in [0.1, 0.15) is 33.8 Å². The molecule has 1 saturated carbocycles. The number of fused-ring (bicyclic) bond motifs is 1. The molecule has 1 aliphatic heterocycles. The molecule has 2 aromatic rings. The van der Waals surface area contributed by atoms with E-state index in [9.17, 15) is 4.79 Å². The van der Waals surface area contributed by atoms with Gasteiger partial charge in [-0.05, 0) is 51.4 Å². The lowest BCUT2D eigenvalue weighted by Gasteiger charge is -2.20. The summed E-state index contributed by atoms with van der Waals surface area (Å²) in [6.07, 6.45) is 2.46. The first-order valence-electron chi connectivity index (χ1n) is 9.87. The van der Waals surface area contributed by atoms with Gasteiger partial charge in [0.1, 0.15) is 5.75 Å². The van der Waals surface area contributed by atoms with E-state index >= 15 is 0 Å². The first kappa shape index (κ1) is 20.3. The number of carbonyl (C=O) groups is 1. The smallest absolute Gasteiger partial charge is 0.188 e. The molecule has 5 heteroatoms. The summed E-state index contributed by atoms with van der Waals surface area (Å²) < 4.78 is 17.2. The molecule has 0 radical (unpaired) electrons. The van der Waals surface area contributed by atoms with Crippen molar-refractivity contribution >= 4 is 21.7 Å². The fourth-order valence-corrected chi connectivity index (χ4v) is 4.96. The van der Waals surface area contributed by atoms with E-state index in [4.69, 9.17) is 14.2 Å². The lowest BCUT2D eigenvalue weighted by Crippen LogP contribution is -2.10. The zero-order valence-electron chi connectivity index (χ0n) is 16.5. The maximum Gasteiger partial charge on any atom is 0.188 e. The van der Waals surface area contributed by atoms with E-state index in [1.807, 2.05) is 36.4 Å². The van der Waals surface area contributed by atoms with E-state index in [-0.39, 0.29) is 18.5 Å². The van der Waals surface area contributed by atoms with E-state index < -0.39 is 0 Å². The highest BCUT2D eigenvalue weighted by Crippen LogP contribution is 2.53. The van der Waals surface area contributed by atoms with Crippen molar-refractivity contribution in [3.8, 4) is 5.75 Å². The topological polar surface area (TPSA) is 44.8 Å². The average Bonchev–Trinajstić information content (AvgIpc) is 3.14. The standard InChI is InChI=1S/C24H25BrO4/c1-3-17(15-7-5-4-6-8-15)19-9-16(10-22(25)24(19)29-14-27-2)23(26)11-18-20-12-28-13-21(18)20/h3-10,17-18,20-21H,1,11-14H2,2H3/t17?,18?,20-,21+. The minimum atomic E-state index is -0.0965. The molecule has 0 bridgehead atoms. The van der Waals surface area contributed by atoms with Gasteiger partial charge in [-0.15, -0.1) is 6.58 Å². The second-order valence-electron chi connectivity index (χ2n) is 7.71. The zero-order valence-corrected chi connectivity index (χ0v) is 18.1. The molecule has 0 amide bonds. The minimum absolute atomic E-state index is 0.0965. The van der Waals surface area contributed by atoms with E-state index in [2.05, 4.69) is 34.6 Å². The van der Waals surface area contributed by atoms with Crippen LogP contribution in [0, 0.1) is 17.8 Å². The number of rotatable bonds is 9. The highest BCUT2D eigenvalue weighted by atomic mass is 79.9. The molecule has 2 aromatic carbocycles. The Balaban J connectivity index is 1.66. The molecule has 2 fully saturated rings. The number of halogens is 1. The predicted molar refractivity (Wildman–Crippen MR) is 115 cm³/mol. The van der Waals surface area contributed by atoms with Gasteiger partial charge in [0.25, 0.3) is 0 Å². The maximum atomic E-state index is 13.1. The number of ether oxygens (including phenoxy) is 3. The van der Waals surface area contributed by atoms with Crippen LogP contribution in [0.15, 0.2) is 59.6 Å². The van der Waals surface area contributed by atoms with E-state index in [1.165, 1.54) is 0 Å². The van der Waals surface area contributed by atoms with E-state index in [0.29, 0.717) is 35.5 Å². The van der Waals surface area contributed by atoms with Crippen molar-refractivity contribution in [2.75, 3.05) is 27.1 Å². The van der Waals surface area contributed by atoms with Crippen molar-refractivity contribution in [2.45, 2.75) is 12.3 Å². The second-order valence-corrected chi connectivity index (χ2v) is 8.56. The Labute approximate surface area is 180 Å². The molecule has 2 aliphatic rings.